The van der Waals surface area contributed by atoms with Crippen molar-refractivity contribution in [3.8, 4) is 5.75 Å². The summed E-state index contributed by atoms with van der Waals surface area (Å²) in [5.74, 6) is 0.367. The van der Waals surface area contributed by atoms with E-state index in [1.165, 1.54) is 18.4 Å². The van der Waals surface area contributed by atoms with Crippen LogP contribution in [0.25, 0.3) is 0 Å². The topological polar surface area (TPSA) is 32.3 Å². The fourth-order valence-corrected chi connectivity index (χ4v) is 2.47. The van der Waals surface area contributed by atoms with Gasteiger partial charge in [0.05, 0.1) is 0 Å². The van der Waals surface area contributed by atoms with Crippen LogP contribution in [0.5, 0.6) is 5.75 Å². The number of benzene rings is 1. The largest absolute Gasteiger partial charge is 0.508 e. The molecular formula is C13H20ClNO. The maximum Gasteiger partial charge on any atom is 0.115 e. The first kappa shape index (κ1) is 13.3. The molecule has 0 aromatic heterocycles. The van der Waals surface area contributed by atoms with Crippen molar-refractivity contribution in [3.63, 3.8) is 0 Å². The number of hydrogen-bond acceptors (Lipinski definition) is 2. The normalized spacial score (nSPS) is 29.5. The summed E-state index contributed by atoms with van der Waals surface area (Å²) >= 11 is 0. The monoisotopic (exact) mass is 241 g/mol. The molecule has 2 rings (SSSR count). The van der Waals surface area contributed by atoms with Gasteiger partial charge in [0.15, 0.2) is 0 Å². The van der Waals surface area contributed by atoms with Crippen LogP contribution in [-0.2, 0) is 5.41 Å². The van der Waals surface area contributed by atoms with Crippen molar-refractivity contribution in [1.82, 2.24) is 5.32 Å². The standard InChI is InChI=1S/C13H19NO.ClH/c1-10-13(2,7-4-8-14-10)11-5-3-6-12(15)9-11;/h3,5-6,9-10,14-15H,4,7-8H2,1-2H3;1H. The molecule has 2 atom stereocenters. The fraction of sp³-hybridized carbons (Fsp3) is 0.538. The lowest BCUT2D eigenvalue weighted by atomic mass is 9.71. The van der Waals surface area contributed by atoms with E-state index in [0.717, 1.165) is 6.54 Å². The van der Waals surface area contributed by atoms with Crippen LogP contribution in [0.3, 0.4) is 0 Å². The van der Waals surface area contributed by atoms with E-state index in [9.17, 15) is 5.11 Å². The molecule has 0 aliphatic carbocycles. The lowest BCUT2D eigenvalue weighted by Gasteiger charge is -2.41. The van der Waals surface area contributed by atoms with Crippen LogP contribution in [0.1, 0.15) is 32.3 Å². The highest BCUT2D eigenvalue weighted by molar-refractivity contribution is 5.85. The minimum Gasteiger partial charge on any atom is -0.508 e. The van der Waals surface area contributed by atoms with Gasteiger partial charge in [0, 0.05) is 11.5 Å². The molecule has 2 unspecified atom stereocenters. The lowest BCUT2D eigenvalue weighted by Crippen LogP contribution is -2.49. The average molecular weight is 242 g/mol. The van der Waals surface area contributed by atoms with Gasteiger partial charge in [-0.05, 0) is 44.0 Å². The first-order valence-corrected chi connectivity index (χ1v) is 5.66. The number of hydrogen-bond donors (Lipinski definition) is 2. The third-order valence-electron chi connectivity index (χ3n) is 3.78. The molecule has 1 aliphatic heterocycles. The zero-order valence-electron chi connectivity index (χ0n) is 9.86. The van der Waals surface area contributed by atoms with E-state index in [2.05, 4.69) is 25.2 Å². The average Bonchev–Trinajstić information content (AvgIpc) is 2.23. The van der Waals surface area contributed by atoms with Gasteiger partial charge in [-0.3, -0.25) is 0 Å². The first-order valence-electron chi connectivity index (χ1n) is 5.66. The van der Waals surface area contributed by atoms with E-state index in [-0.39, 0.29) is 17.8 Å². The fourth-order valence-electron chi connectivity index (χ4n) is 2.47. The quantitative estimate of drug-likeness (QED) is 0.793. The van der Waals surface area contributed by atoms with Crippen LogP contribution >= 0.6 is 12.4 Å². The Bertz CT molecular complexity index is 356. The van der Waals surface area contributed by atoms with Gasteiger partial charge in [-0.2, -0.15) is 0 Å². The predicted molar refractivity (Wildman–Crippen MR) is 69.4 cm³/mol. The molecule has 1 heterocycles. The van der Waals surface area contributed by atoms with Gasteiger partial charge in [0.1, 0.15) is 5.75 Å². The Morgan fingerprint density at radius 2 is 2.19 bits per heavy atom. The molecule has 90 valence electrons. The Morgan fingerprint density at radius 1 is 1.44 bits per heavy atom. The lowest BCUT2D eigenvalue weighted by molar-refractivity contribution is 0.261. The molecule has 1 aromatic rings. The summed E-state index contributed by atoms with van der Waals surface area (Å²) in [6.07, 6.45) is 2.39. The molecule has 2 nitrogen and oxygen atoms in total. The summed E-state index contributed by atoms with van der Waals surface area (Å²) in [5, 5.41) is 13.0. The van der Waals surface area contributed by atoms with E-state index in [1.54, 1.807) is 6.07 Å². The van der Waals surface area contributed by atoms with E-state index in [0.29, 0.717) is 11.8 Å². The van der Waals surface area contributed by atoms with Crippen LogP contribution in [0.4, 0.5) is 0 Å². The first-order chi connectivity index (χ1) is 7.13. The maximum atomic E-state index is 9.52. The highest BCUT2D eigenvalue weighted by atomic mass is 35.5. The molecule has 0 radical (unpaired) electrons. The Hall–Kier alpha value is -0.730. The molecule has 1 aliphatic rings. The molecule has 1 saturated heterocycles. The molecule has 0 amide bonds. The molecule has 0 spiro atoms. The summed E-state index contributed by atoms with van der Waals surface area (Å²) in [6, 6.07) is 8.13. The van der Waals surface area contributed by atoms with Crippen molar-refractivity contribution in [2.24, 2.45) is 0 Å². The number of aromatic hydroxyl groups is 1. The van der Waals surface area contributed by atoms with Crippen LogP contribution < -0.4 is 5.32 Å². The van der Waals surface area contributed by atoms with Gasteiger partial charge in [-0.1, -0.05) is 19.1 Å². The van der Waals surface area contributed by atoms with E-state index in [1.807, 2.05) is 12.1 Å². The van der Waals surface area contributed by atoms with Crippen LogP contribution in [-0.4, -0.2) is 17.7 Å². The molecule has 0 saturated carbocycles. The summed E-state index contributed by atoms with van der Waals surface area (Å²) in [7, 11) is 0. The molecule has 1 aromatic carbocycles. The third kappa shape index (κ3) is 2.33. The third-order valence-corrected chi connectivity index (χ3v) is 3.78. The van der Waals surface area contributed by atoms with Crippen molar-refractivity contribution in [3.05, 3.63) is 29.8 Å². The Kier molecular flexibility index (Phi) is 4.22. The number of phenolic OH excluding ortho intramolecular Hbond substituents is 1. The minimum absolute atomic E-state index is 0. The second-order valence-electron chi connectivity index (χ2n) is 4.75. The number of piperidine rings is 1. The van der Waals surface area contributed by atoms with Crippen molar-refractivity contribution in [2.75, 3.05) is 6.54 Å². The second-order valence-corrected chi connectivity index (χ2v) is 4.75. The highest BCUT2D eigenvalue weighted by Crippen LogP contribution is 2.36. The zero-order valence-corrected chi connectivity index (χ0v) is 10.7. The number of halogens is 1. The number of rotatable bonds is 1. The summed E-state index contributed by atoms with van der Waals surface area (Å²) in [5.41, 5.74) is 1.39. The Morgan fingerprint density at radius 3 is 2.81 bits per heavy atom. The Labute approximate surface area is 103 Å². The van der Waals surface area contributed by atoms with Gasteiger partial charge in [0.25, 0.3) is 0 Å². The molecular weight excluding hydrogens is 222 g/mol. The molecule has 0 bridgehead atoms. The summed E-state index contributed by atoms with van der Waals surface area (Å²) in [4.78, 5) is 0. The Balaban J connectivity index is 0.00000128. The number of phenols is 1. The van der Waals surface area contributed by atoms with Gasteiger partial charge in [-0.15, -0.1) is 12.4 Å². The van der Waals surface area contributed by atoms with Crippen molar-refractivity contribution < 1.29 is 5.11 Å². The summed E-state index contributed by atoms with van der Waals surface area (Å²) < 4.78 is 0. The molecule has 2 N–H and O–H groups in total. The van der Waals surface area contributed by atoms with E-state index < -0.39 is 0 Å². The van der Waals surface area contributed by atoms with Crippen LogP contribution in [0, 0.1) is 0 Å². The zero-order chi connectivity index (χ0) is 10.9. The molecule has 1 fully saturated rings. The summed E-state index contributed by atoms with van der Waals surface area (Å²) in [6.45, 7) is 5.61. The number of nitrogens with one attached hydrogen (secondary N) is 1. The van der Waals surface area contributed by atoms with Gasteiger partial charge in [0.2, 0.25) is 0 Å². The maximum absolute atomic E-state index is 9.52. The van der Waals surface area contributed by atoms with Crippen molar-refractivity contribution >= 4 is 12.4 Å². The molecule has 3 heteroatoms. The van der Waals surface area contributed by atoms with E-state index in [4.69, 9.17) is 0 Å². The smallest absolute Gasteiger partial charge is 0.115 e. The second kappa shape index (κ2) is 5.07. The van der Waals surface area contributed by atoms with Crippen molar-refractivity contribution in [1.29, 1.82) is 0 Å². The minimum atomic E-state index is 0. The van der Waals surface area contributed by atoms with Gasteiger partial charge in [-0.25, -0.2) is 0 Å². The van der Waals surface area contributed by atoms with Gasteiger partial charge >= 0.3 is 0 Å². The highest BCUT2D eigenvalue weighted by Gasteiger charge is 2.35. The van der Waals surface area contributed by atoms with E-state index >= 15 is 0 Å². The van der Waals surface area contributed by atoms with Crippen LogP contribution in [0.15, 0.2) is 24.3 Å². The SMILES string of the molecule is CC1NCCCC1(C)c1cccc(O)c1.Cl. The predicted octanol–water partition coefficient (Wildman–Crippen LogP) is 2.84. The van der Waals surface area contributed by atoms with Gasteiger partial charge < -0.3 is 10.4 Å². The van der Waals surface area contributed by atoms with Crippen molar-refractivity contribution in [2.45, 2.75) is 38.1 Å². The molecule has 16 heavy (non-hydrogen) atoms. The van der Waals surface area contributed by atoms with Crippen LogP contribution in [0.2, 0.25) is 0 Å².